The minimum atomic E-state index is -0.143. The zero-order valence-corrected chi connectivity index (χ0v) is 12.1. The van der Waals surface area contributed by atoms with E-state index in [0.717, 1.165) is 25.0 Å². The normalized spacial score (nSPS) is 18.5. The van der Waals surface area contributed by atoms with E-state index in [2.05, 4.69) is 20.6 Å². The number of rotatable bonds is 5. The minimum Gasteiger partial charge on any atom is -0.376 e. The fraction of sp³-hybridized carbons (Fsp3) is 0.500. The van der Waals surface area contributed by atoms with Crippen LogP contribution in [0.25, 0.3) is 0 Å². The number of carbonyl (C=O) groups excluding carboxylic acids is 1. The second-order valence-electron chi connectivity index (χ2n) is 4.95. The number of guanidine groups is 1. The molecule has 4 N–H and O–H groups in total. The topological polar surface area (TPSA) is 102 Å². The number of hydrogen-bond donors (Lipinski definition) is 3. The Morgan fingerprint density at radius 1 is 1.57 bits per heavy atom. The Balaban J connectivity index is 1.77. The molecule has 0 saturated carbocycles. The Hall–Kier alpha value is -2.15. The van der Waals surface area contributed by atoms with Crippen LogP contribution in [0.4, 0.5) is 5.82 Å². The summed E-state index contributed by atoms with van der Waals surface area (Å²) >= 11 is 0. The Morgan fingerprint density at radius 2 is 2.43 bits per heavy atom. The van der Waals surface area contributed by atoms with Gasteiger partial charge in [-0.1, -0.05) is 6.07 Å². The second kappa shape index (κ2) is 7.58. The quantitative estimate of drug-likeness (QED) is 0.545. The molecular formula is C14H21N5O2. The first-order valence-electron chi connectivity index (χ1n) is 7.01. The summed E-state index contributed by atoms with van der Waals surface area (Å²) in [6.45, 7) is 3.41. The SMILES string of the molecule is CC(=O)Nc1ccc(CN=C(N)NCC2CCCO2)cn1. The van der Waals surface area contributed by atoms with Crippen LogP contribution < -0.4 is 16.4 Å². The summed E-state index contributed by atoms with van der Waals surface area (Å²) in [4.78, 5) is 19.3. The number of aromatic nitrogens is 1. The lowest BCUT2D eigenvalue weighted by atomic mass is 10.2. The zero-order valence-electron chi connectivity index (χ0n) is 12.1. The van der Waals surface area contributed by atoms with E-state index in [1.165, 1.54) is 6.92 Å². The number of pyridine rings is 1. The number of aliphatic imine (C=N–C) groups is 1. The highest BCUT2D eigenvalue weighted by molar-refractivity contribution is 5.87. The van der Waals surface area contributed by atoms with Crippen molar-refractivity contribution in [2.45, 2.75) is 32.4 Å². The predicted molar refractivity (Wildman–Crippen MR) is 80.8 cm³/mol. The number of nitrogens with two attached hydrogens (primary N) is 1. The lowest BCUT2D eigenvalue weighted by Crippen LogP contribution is -2.37. The van der Waals surface area contributed by atoms with E-state index in [4.69, 9.17) is 10.5 Å². The molecule has 1 aliphatic heterocycles. The number of hydrogen-bond acceptors (Lipinski definition) is 4. The van der Waals surface area contributed by atoms with Crippen LogP contribution >= 0.6 is 0 Å². The van der Waals surface area contributed by atoms with Gasteiger partial charge in [-0.15, -0.1) is 0 Å². The Bertz CT molecular complexity index is 495. The van der Waals surface area contributed by atoms with Gasteiger partial charge in [-0.2, -0.15) is 0 Å². The first-order valence-corrected chi connectivity index (χ1v) is 7.01. The van der Waals surface area contributed by atoms with Crippen LogP contribution in [0, 0.1) is 0 Å². The lowest BCUT2D eigenvalue weighted by molar-refractivity contribution is -0.114. The fourth-order valence-electron chi connectivity index (χ4n) is 2.03. The van der Waals surface area contributed by atoms with Crippen LogP contribution in [0.15, 0.2) is 23.3 Å². The molecule has 1 aromatic heterocycles. The van der Waals surface area contributed by atoms with Crippen molar-refractivity contribution in [3.8, 4) is 0 Å². The monoisotopic (exact) mass is 291 g/mol. The third kappa shape index (κ3) is 5.39. The molecule has 114 valence electrons. The van der Waals surface area contributed by atoms with Crippen molar-refractivity contribution in [1.29, 1.82) is 0 Å². The molecule has 1 atom stereocenters. The van der Waals surface area contributed by atoms with Crippen molar-refractivity contribution in [2.75, 3.05) is 18.5 Å². The van der Waals surface area contributed by atoms with E-state index in [-0.39, 0.29) is 12.0 Å². The predicted octanol–water partition coefficient (Wildman–Crippen LogP) is 0.623. The lowest BCUT2D eigenvalue weighted by Gasteiger charge is -2.11. The molecule has 1 saturated heterocycles. The van der Waals surface area contributed by atoms with E-state index in [1.54, 1.807) is 12.3 Å². The van der Waals surface area contributed by atoms with Gasteiger partial charge in [0.25, 0.3) is 0 Å². The number of carbonyl (C=O) groups is 1. The molecule has 0 aliphatic carbocycles. The van der Waals surface area contributed by atoms with Gasteiger partial charge in [0.15, 0.2) is 5.96 Å². The Kier molecular flexibility index (Phi) is 5.51. The summed E-state index contributed by atoms with van der Waals surface area (Å²) < 4.78 is 5.49. The molecule has 0 spiro atoms. The average molecular weight is 291 g/mol. The average Bonchev–Trinajstić information content (AvgIpc) is 2.97. The van der Waals surface area contributed by atoms with Gasteiger partial charge in [0.1, 0.15) is 5.82 Å². The summed E-state index contributed by atoms with van der Waals surface area (Å²) in [5.74, 6) is 0.784. The number of amides is 1. The molecule has 1 amide bonds. The molecule has 1 unspecified atom stereocenters. The van der Waals surface area contributed by atoms with Gasteiger partial charge in [-0.25, -0.2) is 9.98 Å². The molecule has 0 bridgehead atoms. The number of anilines is 1. The number of nitrogens with zero attached hydrogens (tertiary/aromatic N) is 2. The highest BCUT2D eigenvalue weighted by atomic mass is 16.5. The summed E-state index contributed by atoms with van der Waals surface area (Å²) in [7, 11) is 0. The third-order valence-corrected chi connectivity index (χ3v) is 3.10. The molecule has 2 heterocycles. The van der Waals surface area contributed by atoms with Crippen molar-refractivity contribution in [3.05, 3.63) is 23.9 Å². The molecule has 0 radical (unpaired) electrons. The molecule has 7 nitrogen and oxygen atoms in total. The first kappa shape index (κ1) is 15.2. The Morgan fingerprint density at radius 3 is 3.05 bits per heavy atom. The molecule has 1 aromatic rings. The largest absolute Gasteiger partial charge is 0.376 e. The van der Waals surface area contributed by atoms with Crippen LogP contribution in [0.2, 0.25) is 0 Å². The van der Waals surface area contributed by atoms with Gasteiger partial charge in [0.05, 0.1) is 12.6 Å². The molecule has 1 fully saturated rings. The van der Waals surface area contributed by atoms with Crippen LogP contribution in [-0.4, -0.2) is 36.1 Å². The Labute approximate surface area is 124 Å². The van der Waals surface area contributed by atoms with Crippen LogP contribution in [0.1, 0.15) is 25.3 Å². The fourth-order valence-corrected chi connectivity index (χ4v) is 2.03. The van der Waals surface area contributed by atoms with Crippen molar-refractivity contribution in [3.63, 3.8) is 0 Å². The highest BCUT2D eigenvalue weighted by Crippen LogP contribution is 2.10. The maximum absolute atomic E-state index is 10.9. The van der Waals surface area contributed by atoms with Gasteiger partial charge < -0.3 is 21.1 Å². The number of ether oxygens (including phenoxy) is 1. The van der Waals surface area contributed by atoms with Gasteiger partial charge in [-0.05, 0) is 24.5 Å². The number of nitrogens with one attached hydrogen (secondary N) is 2. The molecule has 1 aliphatic rings. The molecule has 21 heavy (non-hydrogen) atoms. The summed E-state index contributed by atoms with van der Waals surface area (Å²) in [5, 5.41) is 5.67. The van der Waals surface area contributed by atoms with Gasteiger partial charge >= 0.3 is 0 Å². The van der Waals surface area contributed by atoms with Crippen molar-refractivity contribution >= 4 is 17.7 Å². The maximum Gasteiger partial charge on any atom is 0.222 e. The second-order valence-corrected chi connectivity index (χ2v) is 4.95. The van der Waals surface area contributed by atoms with E-state index < -0.39 is 0 Å². The standard InChI is InChI=1S/C14H21N5O2/c1-10(20)19-13-5-4-11(7-16-13)8-17-14(15)18-9-12-3-2-6-21-12/h4-5,7,12H,2-3,6,8-9H2,1H3,(H3,15,17,18)(H,16,19,20). The van der Waals surface area contributed by atoms with Crippen LogP contribution in [0.3, 0.4) is 0 Å². The van der Waals surface area contributed by atoms with E-state index in [9.17, 15) is 4.79 Å². The smallest absolute Gasteiger partial charge is 0.222 e. The van der Waals surface area contributed by atoms with E-state index in [1.807, 2.05) is 6.07 Å². The third-order valence-electron chi connectivity index (χ3n) is 3.10. The summed E-state index contributed by atoms with van der Waals surface area (Å²) in [6, 6.07) is 3.59. The maximum atomic E-state index is 10.9. The zero-order chi connectivity index (χ0) is 15.1. The molecular weight excluding hydrogens is 270 g/mol. The van der Waals surface area contributed by atoms with E-state index >= 15 is 0 Å². The van der Waals surface area contributed by atoms with Crippen molar-refractivity contribution in [2.24, 2.45) is 10.7 Å². The van der Waals surface area contributed by atoms with E-state index in [0.29, 0.717) is 24.9 Å². The van der Waals surface area contributed by atoms with Crippen molar-refractivity contribution in [1.82, 2.24) is 10.3 Å². The highest BCUT2D eigenvalue weighted by Gasteiger charge is 2.14. The minimum absolute atomic E-state index is 0.143. The van der Waals surface area contributed by atoms with Crippen LogP contribution in [0.5, 0.6) is 0 Å². The molecule has 7 heteroatoms. The van der Waals surface area contributed by atoms with Crippen LogP contribution in [-0.2, 0) is 16.1 Å². The van der Waals surface area contributed by atoms with Gasteiger partial charge in [0, 0.05) is 26.3 Å². The molecule has 2 rings (SSSR count). The first-order chi connectivity index (χ1) is 10.1. The molecule has 0 aromatic carbocycles. The summed E-state index contributed by atoms with van der Waals surface area (Å²) in [6.07, 6.45) is 4.07. The van der Waals surface area contributed by atoms with Gasteiger partial charge in [0.2, 0.25) is 5.91 Å². The summed E-state index contributed by atoms with van der Waals surface area (Å²) in [5.41, 5.74) is 6.72. The van der Waals surface area contributed by atoms with Crippen molar-refractivity contribution < 1.29 is 9.53 Å². The van der Waals surface area contributed by atoms with Gasteiger partial charge in [-0.3, -0.25) is 4.79 Å².